The van der Waals surface area contributed by atoms with Crippen molar-refractivity contribution in [1.82, 2.24) is 20.4 Å². The summed E-state index contributed by atoms with van der Waals surface area (Å²) in [6.45, 7) is 3.86. The Morgan fingerprint density at radius 1 is 1.18 bits per heavy atom. The van der Waals surface area contributed by atoms with Crippen molar-refractivity contribution >= 4 is 5.91 Å². The molecule has 2 aromatic rings. The molecule has 0 radical (unpaired) electrons. The summed E-state index contributed by atoms with van der Waals surface area (Å²) in [5.74, 6) is 2.15. The first kappa shape index (κ1) is 22.9. The quantitative estimate of drug-likeness (QED) is 0.663. The van der Waals surface area contributed by atoms with Crippen molar-refractivity contribution in [2.24, 2.45) is 5.92 Å². The van der Waals surface area contributed by atoms with Gasteiger partial charge >= 0.3 is 0 Å². The second-order valence-corrected chi connectivity index (χ2v) is 10.1. The van der Waals surface area contributed by atoms with Crippen LogP contribution in [0.3, 0.4) is 0 Å². The van der Waals surface area contributed by atoms with Gasteiger partial charge in [0.05, 0.1) is 12.1 Å². The van der Waals surface area contributed by atoms with Gasteiger partial charge in [0.2, 0.25) is 11.8 Å². The topological polar surface area (TPSA) is 80.5 Å². The molecule has 182 valence electrons. The Balaban J connectivity index is 1.05. The number of nitrogens with one attached hydrogen (secondary N) is 1. The highest BCUT2D eigenvalue weighted by atomic mass is 16.5. The maximum Gasteiger partial charge on any atom is 0.226 e. The van der Waals surface area contributed by atoms with Crippen LogP contribution < -0.4 is 10.1 Å². The van der Waals surface area contributed by atoms with E-state index >= 15 is 0 Å². The van der Waals surface area contributed by atoms with Crippen LogP contribution in [0, 0.1) is 12.8 Å². The van der Waals surface area contributed by atoms with Crippen LogP contribution in [0.1, 0.15) is 67.7 Å². The number of fused-ring (bicyclic) bond motifs is 1. The molecule has 3 heterocycles. The Morgan fingerprint density at radius 2 is 2.00 bits per heavy atom. The molecule has 0 aromatic carbocycles. The molecule has 0 unspecified atom stereocenters. The summed E-state index contributed by atoms with van der Waals surface area (Å²) in [5, 5.41) is 7.08. The lowest BCUT2D eigenvalue weighted by Crippen LogP contribution is -2.38. The number of hydrogen-bond donors (Lipinski definition) is 1. The highest BCUT2D eigenvalue weighted by Crippen LogP contribution is 2.27. The van der Waals surface area contributed by atoms with Crippen LogP contribution in [0.2, 0.25) is 0 Å². The van der Waals surface area contributed by atoms with E-state index in [1.807, 2.05) is 19.1 Å². The summed E-state index contributed by atoms with van der Waals surface area (Å²) in [6.07, 6.45) is 15.2. The van der Waals surface area contributed by atoms with Gasteiger partial charge in [-0.25, -0.2) is 4.98 Å². The van der Waals surface area contributed by atoms with Gasteiger partial charge in [-0.15, -0.1) is 0 Å². The number of hydrogen-bond acceptors (Lipinski definition) is 6. The van der Waals surface area contributed by atoms with Crippen LogP contribution >= 0.6 is 0 Å². The Morgan fingerprint density at radius 3 is 2.74 bits per heavy atom. The van der Waals surface area contributed by atoms with Crippen molar-refractivity contribution in [1.29, 1.82) is 0 Å². The molecule has 2 aromatic heterocycles. The van der Waals surface area contributed by atoms with E-state index < -0.39 is 0 Å². The number of rotatable bonds is 7. The molecule has 5 rings (SSSR count). The number of aromatic nitrogens is 2. The third-order valence-electron chi connectivity index (χ3n) is 7.41. The minimum Gasteiger partial charge on any atom is -0.474 e. The van der Waals surface area contributed by atoms with Crippen LogP contribution in [0.15, 0.2) is 35.0 Å². The van der Waals surface area contributed by atoms with Crippen molar-refractivity contribution in [3.63, 3.8) is 0 Å². The smallest absolute Gasteiger partial charge is 0.226 e. The van der Waals surface area contributed by atoms with Gasteiger partial charge in [-0.05, 0) is 76.0 Å². The molecule has 2 aliphatic carbocycles. The lowest BCUT2D eigenvalue weighted by Gasteiger charge is -2.28. The van der Waals surface area contributed by atoms with E-state index in [1.54, 1.807) is 0 Å². The van der Waals surface area contributed by atoms with E-state index in [9.17, 15) is 4.79 Å². The molecule has 34 heavy (non-hydrogen) atoms. The molecule has 1 N–H and O–H groups in total. The van der Waals surface area contributed by atoms with Crippen molar-refractivity contribution in [3.05, 3.63) is 53.2 Å². The Hall–Kier alpha value is -2.83. The normalized spacial score (nSPS) is 23.3. The fraction of sp³-hybridized carbons (Fsp3) is 0.593. The lowest BCUT2D eigenvalue weighted by molar-refractivity contribution is -0.121. The Bertz CT molecular complexity index is 1010. The Kier molecular flexibility index (Phi) is 7.16. The molecule has 7 heteroatoms. The molecule has 0 bridgehead atoms. The number of amides is 1. The summed E-state index contributed by atoms with van der Waals surface area (Å²) in [4.78, 5) is 19.5. The van der Waals surface area contributed by atoms with Crippen LogP contribution in [-0.4, -0.2) is 46.2 Å². The molecule has 2 fully saturated rings. The number of pyridine rings is 1. The fourth-order valence-electron chi connectivity index (χ4n) is 5.10. The number of aryl methyl sites for hydroxylation is 1. The summed E-state index contributed by atoms with van der Waals surface area (Å²) in [7, 11) is 0. The monoisotopic (exact) mass is 464 g/mol. The third kappa shape index (κ3) is 5.99. The van der Waals surface area contributed by atoms with Gasteiger partial charge in [0.15, 0.2) is 0 Å². The van der Waals surface area contributed by atoms with Gasteiger partial charge in [0, 0.05) is 43.4 Å². The van der Waals surface area contributed by atoms with E-state index in [1.165, 1.54) is 17.7 Å². The molecule has 7 nitrogen and oxygen atoms in total. The minimum absolute atomic E-state index is 0.0336. The molecule has 2 saturated carbocycles. The van der Waals surface area contributed by atoms with Crippen LogP contribution in [0.25, 0.3) is 0 Å². The maximum absolute atomic E-state index is 12.3. The highest BCUT2D eigenvalue weighted by Gasteiger charge is 2.23. The Labute approximate surface area is 201 Å². The van der Waals surface area contributed by atoms with Crippen LogP contribution in [-0.2, 0) is 24.1 Å². The predicted octanol–water partition coefficient (Wildman–Crippen LogP) is 4.14. The summed E-state index contributed by atoms with van der Waals surface area (Å²) in [6, 6.07) is 6.34. The molecule has 3 aliphatic rings. The first-order chi connectivity index (χ1) is 16.6. The average Bonchev–Trinajstić information content (AvgIpc) is 3.10. The summed E-state index contributed by atoms with van der Waals surface area (Å²) < 4.78 is 11.0. The fourth-order valence-corrected chi connectivity index (χ4v) is 5.10. The minimum atomic E-state index is 0.0336. The highest BCUT2D eigenvalue weighted by molar-refractivity contribution is 5.78. The van der Waals surface area contributed by atoms with Crippen molar-refractivity contribution < 1.29 is 14.1 Å². The summed E-state index contributed by atoms with van der Waals surface area (Å²) in [5.41, 5.74) is 3.25. The van der Waals surface area contributed by atoms with Crippen molar-refractivity contribution in [2.75, 3.05) is 13.1 Å². The molecule has 1 amide bonds. The standard InChI is InChI=1S/C27H36N4O3/c1-19-17-23(30-34-19)18-26(32)28-22-8-5-20(6-9-22)11-14-31-15-12-21-7-10-27(29-25(21)13-16-31)33-24-3-2-4-24/h7,10-11,14,17,20,22,24H,2-6,8-9,12-13,15-16,18H2,1H3,(H,28,32)/b14-11+/t20-,22-. The number of ether oxygens (including phenoxy) is 1. The van der Waals surface area contributed by atoms with Crippen LogP contribution in [0.4, 0.5) is 0 Å². The summed E-state index contributed by atoms with van der Waals surface area (Å²) >= 11 is 0. The average molecular weight is 465 g/mol. The first-order valence-electron chi connectivity index (χ1n) is 12.9. The van der Waals surface area contributed by atoms with E-state index in [2.05, 4.69) is 33.7 Å². The van der Waals surface area contributed by atoms with E-state index in [0.717, 1.165) is 76.1 Å². The second kappa shape index (κ2) is 10.6. The zero-order chi connectivity index (χ0) is 23.3. The third-order valence-corrected chi connectivity index (χ3v) is 7.41. The van der Waals surface area contributed by atoms with E-state index in [0.29, 0.717) is 17.7 Å². The largest absolute Gasteiger partial charge is 0.474 e. The number of carbonyl (C=O) groups excluding carboxylic acids is 1. The van der Waals surface area contributed by atoms with Crippen molar-refractivity contribution in [3.8, 4) is 5.88 Å². The molecule has 0 saturated heterocycles. The maximum atomic E-state index is 12.3. The molecule has 0 spiro atoms. The van der Waals surface area contributed by atoms with Gasteiger partial charge in [-0.2, -0.15) is 0 Å². The predicted molar refractivity (Wildman–Crippen MR) is 129 cm³/mol. The second-order valence-electron chi connectivity index (χ2n) is 10.1. The molecular weight excluding hydrogens is 428 g/mol. The van der Waals surface area contributed by atoms with E-state index in [-0.39, 0.29) is 18.4 Å². The SMILES string of the molecule is Cc1cc(CC(=O)N[C@H]2CC[C@H](/C=C/N3CCc4ccc(OC5CCC5)nc4CC3)CC2)no1. The zero-order valence-electron chi connectivity index (χ0n) is 20.2. The molecule has 0 atom stereocenters. The number of nitrogens with zero attached hydrogens (tertiary/aromatic N) is 3. The van der Waals surface area contributed by atoms with Crippen LogP contribution in [0.5, 0.6) is 5.88 Å². The van der Waals surface area contributed by atoms with Gasteiger partial charge in [0.25, 0.3) is 0 Å². The van der Waals surface area contributed by atoms with Gasteiger partial charge in [-0.3, -0.25) is 4.79 Å². The zero-order valence-corrected chi connectivity index (χ0v) is 20.2. The van der Waals surface area contributed by atoms with Gasteiger partial charge < -0.3 is 19.5 Å². The number of allylic oxidation sites excluding steroid dienone is 1. The number of carbonyl (C=O) groups is 1. The van der Waals surface area contributed by atoms with E-state index in [4.69, 9.17) is 14.2 Å². The lowest BCUT2D eigenvalue weighted by atomic mass is 9.86. The molecular formula is C27H36N4O3. The molecule has 1 aliphatic heterocycles. The van der Waals surface area contributed by atoms with Gasteiger partial charge in [-0.1, -0.05) is 17.3 Å². The van der Waals surface area contributed by atoms with Crippen molar-refractivity contribution in [2.45, 2.75) is 83.3 Å². The van der Waals surface area contributed by atoms with Gasteiger partial charge in [0.1, 0.15) is 11.9 Å². The first-order valence-corrected chi connectivity index (χ1v) is 12.9.